The summed E-state index contributed by atoms with van der Waals surface area (Å²) in [6.07, 6.45) is 0. The van der Waals surface area contributed by atoms with Crippen LogP contribution in [-0.4, -0.2) is 0 Å². The predicted octanol–water partition coefficient (Wildman–Crippen LogP) is 15.3. The highest BCUT2D eigenvalue weighted by molar-refractivity contribution is 6.07. The van der Waals surface area contributed by atoms with Gasteiger partial charge in [0.2, 0.25) is 0 Å². The van der Waals surface area contributed by atoms with E-state index in [2.05, 4.69) is 231 Å². The molecule has 0 atom stereocenters. The molecule has 1 nitrogen and oxygen atoms in total. The van der Waals surface area contributed by atoms with Crippen LogP contribution < -0.4 is 4.90 Å². The molecule has 0 heterocycles. The van der Waals surface area contributed by atoms with Crippen LogP contribution in [0.4, 0.5) is 17.1 Å². The highest BCUT2D eigenvalue weighted by Crippen LogP contribution is 2.56. The Morgan fingerprint density at radius 3 is 1.48 bits per heavy atom. The van der Waals surface area contributed by atoms with Crippen molar-refractivity contribution < 1.29 is 0 Å². The van der Waals surface area contributed by atoms with Crippen LogP contribution in [0.2, 0.25) is 0 Å². The van der Waals surface area contributed by atoms with Crippen LogP contribution in [0.1, 0.15) is 25.0 Å². The van der Waals surface area contributed by atoms with Gasteiger partial charge in [0.05, 0.1) is 11.4 Å². The Hall–Kier alpha value is -6.96. The van der Waals surface area contributed by atoms with Crippen LogP contribution in [-0.2, 0) is 5.41 Å². The summed E-state index contributed by atoms with van der Waals surface area (Å²) in [4.78, 5) is 2.51. The predicted molar refractivity (Wildman–Crippen MR) is 238 cm³/mol. The topological polar surface area (TPSA) is 3.24 Å². The van der Waals surface area contributed by atoms with Crippen LogP contribution >= 0.6 is 0 Å². The molecular formula is C55H41N. The van der Waals surface area contributed by atoms with E-state index in [4.69, 9.17) is 0 Å². The highest BCUT2D eigenvalue weighted by atomic mass is 15.1. The van der Waals surface area contributed by atoms with E-state index in [0.717, 1.165) is 11.4 Å². The zero-order chi connectivity index (χ0) is 37.6. The number of anilines is 3. The SMILES string of the molecule is CC1(C)c2ccccc2-c2c(N(c3ccc(-c4cccc5cccc(-c6ccccc6)c45)cc3)c3ccccc3-c3ccccc3)cc(-c3ccccc3)cc21. The maximum Gasteiger partial charge on any atom is 0.0549 e. The van der Waals surface area contributed by atoms with E-state index in [1.54, 1.807) is 0 Å². The van der Waals surface area contributed by atoms with Crippen molar-refractivity contribution >= 4 is 27.8 Å². The third-order valence-electron chi connectivity index (χ3n) is 11.7. The van der Waals surface area contributed by atoms with Gasteiger partial charge in [-0.25, -0.2) is 0 Å². The van der Waals surface area contributed by atoms with Crippen molar-refractivity contribution in [2.45, 2.75) is 19.3 Å². The molecule has 0 unspecified atom stereocenters. The summed E-state index contributed by atoms with van der Waals surface area (Å²) in [7, 11) is 0. The first kappa shape index (κ1) is 33.6. The number of benzene rings is 9. The molecule has 0 aromatic heterocycles. The molecule has 9 aromatic carbocycles. The largest absolute Gasteiger partial charge is 0.309 e. The van der Waals surface area contributed by atoms with E-state index in [0.29, 0.717) is 0 Å². The van der Waals surface area contributed by atoms with Crippen molar-refractivity contribution in [2.24, 2.45) is 0 Å². The number of nitrogens with zero attached hydrogens (tertiary/aromatic N) is 1. The smallest absolute Gasteiger partial charge is 0.0549 e. The Morgan fingerprint density at radius 1 is 0.339 bits per heavy atom. The maximum absolute atomic E-state index is 2.51. The third-order valence-corrected chi connectivity index (χ3v) is 11.7. The Balaban J connectivity index is 1.23. The molecule has 0 aliphatic heterocycles. The number of rotatable bonds is 7. The summed E-state index contributed by atoms with van der Waals surface area (Å²) in [5, 5.41) is 2.51. The fourth-order valence-electron chi connectivity index (χ4n) is 8.94. The van der Waals surface area contributed by atoms with Gasteiger partial charge in [0.25, 0.3) is 0 Å². The lowest BCUT2D eigenvalue weighted by Crippen LogP contribution is -2.16. The highest BCUT2D eigenvalue weighted by Gasteiger charge is 2.38. The van der Waals surface area contributed by atoms with Gasteiger partial charge in [-0.2, -0.15) is 0 Å². The number of para-hydroxylation sites is 1. The van der Waals surface area contributed by atoms with Crippen molar-refractivity contribution in [2.75, 3.05) is 4.90 Å². The molecule has 0 amide bonds. The minimum Gasteiger partial charge on any atom is -0.309 e. The Morgan fingerprint density at radius 2 is 0.839 bits per heavy atom. The molecule has 0 saturated carbocycles. The Bertz CT molecular complexity index is 2850. The maximum atomic E-state index is 2.51. The molecule has 0 bridgehead atoms. The molecule has 10 rings (SSSR count). The van der Waals surface area contributed by atoms with Crippen LogP contribution in [0.15, 0.2) is 212 Å². The van der Waals surface area contributed by atoms with Crippen LogP contribution in [0, 0.1) is 0 Å². The summed E-state index contributed by atoms with van der Waals surface area (Å²) in [6, 6.07) is 77.6. The minimum atomic E-state index is -0.176. The number of hydrogen-bond acceptors (Lipinski definition) is 1. The van der Waals surface area contributed by atoms with Crippen LogP contribution in [0.25, 0.3) is 66.4 Å². The van der Waals surface area contributed by atoms with E-state index in [1.807, 2.05) is 0 Å². The first-order valence-corrected chi connectivity index (χ1v) is 19.5. The molecule has 56 heavy (non-hydrogen) atoms. The van der Waals surface area contributed by atoms with Crippen molar-refractivity contribution in [3.05, 3.63) is 223 Å². The van der Waals surface area contributed by atoms with Gasteiger partial charge in [-0.05, 0) is 96.7 Å². The molecule has 1 aliphatic rings. The zero-order valence-corrected chi connectivity index (χ0v) is 31.7. The van der Waals surface area contributed by atoms with E-state index in [1.165, 1.54) is 83.2 Å². The average Bonchev–Trinajstić information content (AvgIpc) is 3.50. The van der Waals surface area contributed by atoms with E-state index in [-0.39, 0.29) is 5.41 Å². The summed E-state index contributed by atoms with van der Waals surface area (Å²) >= 11 is 0. The quantitative estimate of drug-likeness (QED) is 0.159. The molecule has 1 aliphatic carbocycles. The molecular weight excluding hydrogens is 675 g/mol. The lowest BCUT2D eigenvalue weighted by Gasteiger charge is -2.31. The van der Waals surface area contributed by atoms with Gasteiger partial charge in [0, 0.05) is 22.2 Å². The molecule has 0 saturated heterocycles. The molecule has 0 N–H and O–H groups in total. The van der Waals surface area contributed by atoms with Gasteiger partial charge < -0.3 is 4.90 Å². The second-order valence-electron chi connectivity index (χ2n) is 15.3. The summed E-state index contributed by atoms with van der Waals surface area (Å²) in [5.74, 6) is 0. The lowest BCUT2D eigenvalue weighted by molar-refractivity contribution is 0.660. The second kappa shape index (κ2) is 13.7. The summed E-state index contributed by atoms with van der Waals surface area (Å²) in [5.41, 5.74) is 18.2. The van der Waals surface area contributed by atoms with Gasteiger partial charge in [-0.1, -0.05) is 196 Å². The van der Waals surface area contributed by atoms with Gasteiger partial charge in [0.1, 0.15) is 0 Å². The van der Waals surface area contributed by atoms with E-state index < -0.39 is 0 Å². The van der Waals surface area contributed by atoms with Crippen LogP contribution in [0.3, 0.4) is 0 Å². The molecule has 1 heteroatoms. The first-order valence-electron chi connectivity index (χ1n) is 19.5. The average molecular weight is 716 g/mol. The fraction of sp³-hybridized carbons (Fsp3) is 0.0545. The number of hydrogen-bond donors (Lipinski definition) is 0. The van der Waals surface area contributed by atoms with Crippen molar-refractivity contribution in [1.29, 1.82) is 0 Å². The monoisotopic (exact) mass is 715 g/mol. The van der Waals surface area contributed by atoms with Crippen LogP contribution in [0.5, 0.6) is 0 Å². The first-order chi connectivity index (χ1) is 27.6. The van der Waals surface area contributed by atoms with Crippen molar-refractivity contribution in [1.82, 2.24) is 0 Å². The fourth-order valence-corrected chi connectivity index (χ4v) is 8.94. The number of fused-ring (bicyclic) bond motifs is 4. The molecule has 0 spiro atoms. The van der Waals surface area contributed by atoms with Gasteiger partial charge in [0.15, 0.2) is 0 Å². The Kier molecular flexibility index (Phi) is 8.23. The van der Waals surface area contributed by atoms with Gasteiger partial charge >= 0.3 is 0 Å². The summed E-state index contributed by atoms with van der Waals surface area (Å²) < 4.78 is 0. The standard InChI is InChI=1S/C55H41N/c1-55(2)49-30-14-12-27-48(49)54-50(55)36-43(38-18-6-3-7-19-38)37-52(54)56(51-31-15-13-26-45(51)39-20-8-4-9-21-39)44-34-32-41(33-35-44)47-29-17-25-42-24-16-28-46(53(42)47)40-22-10-5-11-23-40/h3-37H,1-2H3. The Labute approximate surface area is 329 Å². The molecule has 266 valence electrons. The van der Waals surface area contributed by atoms with E-state index in [9.17, 15) is 0 Å². The van der Waals surface area contributed by atoms with Gasteiger partial charge in [-0.3, -0.25) is 0 Å². The summed E-state index contributed by atoms with van der Waals surface area (Å²) in [6.45, 7) is 4.75. The normalized spacial score (nSPS) is 12.6. The third kappa shape index (κ3) is 5.63. The van der Waals surface area contributed by atoms with E-state index >= 15 is 0 Å². The zero-order valence-electron chi connectivity index (χ0n) is 31.7. The molecule has 0 fully saturated rings. The van der Waals surface area contributed by atoms with Crippen molar-refractivity contribution in [3.63, 3.8) is 0 Å². The van der Waals surface area contributed by atoms with Gasteiger partial charge in [-0.15, -0.1) is 0 Å². The molecule has 0 radical (unpaired) electrons. The lowest BCUT2D eigenvalue weighted by atomic mass is 9.81. The molecule has 9 aromatic rings. The second-order valence-corrected chi connectivity index (χ2v) is 15.3. The van der Waals surface area contributed by atoms with Crippen molar-refractivity contribution in [3.8, 4) is 55.6 Å². The minimum absolute atomic E-state index is 0.176.